The number of carboxylic acid groups (broad SMARTS) is 1. The van der Waals surface area contributed by atoms with Gasteiger partial charge in [-0.15, -0.1) is 0 Å². The van der Waals surface area contributed by atoms with Crippen LogP contribution in [0.5, 0.6) is 0 Å². The molecular weight excluding hydrogens is 213 g/mol. The quantitative estimate of drug-likeness (QED) is 0.854. The summed E-state index contributed by atoms with van der Waals surface area (Å²) in [4.78, 5) is 23.1. The molecule has 4 nitrogen and oxygen atoms in total. The molecule has 1 N–H and O–H groups in total. The van der Waals surface area contributed by atoms with Crippen molar-refractivity contribution in [3.63, 3.8) is 0 Å². The zero-order valence-electron chi connectivity index (χ0n) is 9.03. The smallest absolute Gasteiger partial charge is 0.338 e. The van der Waals surface area contributed by atoms with Crippen molar-refractivity contribution < 1.29 is 19.1 Å². The van der Waals surface area contributed by atoms with Crippen LogP contribution in [-0.4, -0.2) is 23.5 Å². The Morgan fingerprint density at radius 2 is 2.06 bits per heavy atom. The maximum absolute atomic E-state index is 13.7. The van der Waals surface area contributed by atoms with Crippen LogP contribution >= 0.6 is 0 Å². The van der Waals surface area contributed by atoms with Gasteiger partial charge >= 0.3 is 5.97 Å². The highest BCUT2D eigenvalue weighted by atomic mass is 19.1. The summed E-state index contributed by atoms with van der Waals surface area (Å²) in [5.41, 5.74) is -0.438. The second-order valence-electron chi connectivity index (χ2n) is 3.21. The van der Waals surface area contributed by atoms with E-state index in [2.05, 4.69) is 0 Å². The minimum Gasteiger partial charge on any atom is -0.478 e. The van der Waals surface area contributed by atoms with E-state index in [0.29, 0.717) is 0 Å². The molecule has 0 aliphatic rings. The van der Waals surface area contributed by atoms with Gasteiger partial charge in [-0.3, -0.25) is 4.79 Å². The number of amides is 1. The minimum atomic E-state index is -1.35. The van der Waals surface area contributed by atoms with Gasteiger partial charge in [0.1, 0.15) is 0 Å². The normalized spacial score (nSPS) is 9.94. The lowest BCUT2D eigenvalue weighted by molar-refractivity contribution is -0.116. The van der Waals surface area contributed by atoms with Crippen LogP contribution in [0.2, 0.25) is 0 Å². The molecule has 86 valence electrons. The van der Waals surface area contributed by atoms with Crippen molar-refractivity contribution in [2.75, 3.05) is 11.4 Å². The zero-order valence-corrected chi connectivity index (χ0v) is 9.03. The number of carbonyl (C=O) groups is 2. The first-order valence-corrected chi connectivity index (χ1v) is 4.79. The molecule has 1 aromatic rings. The van der Waals surface area contributed by atoms with E-state index in [1.807, 2.05) is 0 Å². The van der Waals surface area contributed by atoms with Gasteiger partial charge in [0.05, 0.1) is 11.3 Å². The second kappa shape index (κ2) is 4.74. The van der Waals surface area contributed by atoms with Gasteiger partial charge < -0.3 is 10.0 Å². The molecule has 16 heavy (non-hydrogen) atoms. The van der Waals surface area contributed by atoms with Crippen LogP contribution in [0.25, 0.3) is 0 Å². The van der Waals surface area contributed by atoms with Crippen molar-refractivity contribution in [1.82, 2.24) is 0 Å². The largest absolute Gasteiger partial charge is 0.478 e. The second-order valence-corrected chi connectivity index (χ2v) is 3.21. The summed E-state index contributed by atoms with van der Waals surface area (Å²) in [6.45, 7) is 3.28. The van der Waals surface area contributed by atoms with E-state index in [4.69, 9.17) is 5.11 Å². The predicted octanol–water partition coefficient (Wildman–Crippen LogP) is 1.90. The molecule has 1 rings (SSSR count). The molecule has 1 amide bonds. The van der Waals surface area contributed by atoms with Crippen LogP contribution in [0.4, 0.5) is 10.1 Å². The molecule has 5 heteroatoms. The van der Waals surface area contributed by atoms with E-state index in [-0.39, 0.29) is 18.1 Å². The predicted molar refractivity (Wildman–Crippen MR) is 57.1 cm³/mol. The number of anilines is 1. The highest BCUT2D eigenvalue weighted by Crippen LogP contribution is 2.22. The summed E-state index contributed by atoms with van der Waals surface area (Å²) in [5, 5.41) is 8.74. The highest BCUT2D eigenvalue weighted by Gasteiger charge is 2.19. The summed E-state index contributed by atoms with van der Waals surface area (Å²) in [5.74, 6) is -2.56. The van der Waals surface area contributed by atoms with Crippen LogP contribution in [0.1, 0.15) is 24.2 Å². The number of carbonyl (C=O) groups excluding carboxylic acids is 1. The van der Waals surface area contributed by atoms with Crippen molar-refractivity contribution in [3.8, 4) is 0 Å². The number of hydrogen-bond donors (Lipinski definition) is 1. The maximum atomic E-state index is 13.7. The summed E-state index contributed by atoms with van der Waals surface area (Å²) in [6.07, 6.45) is 0. The van der Waals surface area contributed by atoms with Crippen molar-refractivity contribution >= 4 is 17.6 Å². The van der Waals surface area contributed by atoms with Crippen LogP contribution in [0.15, 0.2) is 18.2 Å². The van der Waals surface area contributed by atoms with Crippen molar-refractivity contribution in [3.05, 3.63) is 29.6 Å². The number of carboxylic acids is 1. The molecule has 0 radical (unpaired) electrons. The van der Waals surface area contributed by atoms with Gasteiger partial charge in [0.2, 0.25) is 5.91 Å². The molecule has 0 aliphatic carbocycles. The Labute approximate surface area is 92.3 Å². The van der Waals surface area contributed by atoms with E-state index in [1.54, 1.807) is 6.92 Å². The van der Waals surface area contributed by atoms with Gasteiger partial charge in [-0.1, -0.05) is 6.07 Å². The number of rotatable bonds is 3. The Balaban J connectivity index is 3.29. The van der Waals surface area contributed by atoms with E-state index in [1.165, 1.54) is 24.0 Å². The Hall–Kier alpha value is -1.91. The molecule has 0 aromatic heterocycles. The van der Waals surface area contributed by atoms with E-state index < -0.39 is 17.3 Å². The van der Waals surface area contributed by atoms with Crippen LogP contribution in [0, 0.1) is 5.82 Å². The van der Waals surface area contributed by atoms with Crippen molar-refractivity contribution in [1.29, 1.82) is 0 Å². The third kappa shape index (κ3) is 2.18. The summed E-state index contributed by atoms with van der Waals surface area (Å²) >= 11 is 0. The molecule has 0 spiro atoms. The van der Waals surface area contributed by atoms with Crippen LogP contribution in [0.3, 0.4) is 0 Å². The van der Waals surface area contributed by atoms with E-state index in [0.717, 1.165) is 6.07 Å². The number of hydrogen-bond acceptors (Lipinski definition) is 2. The van der Waals surface area contributed by atoms with Gasteiger partial charge in [0.25, 0.3) is 0 Å². The van der Waals surface area contributed by atoms with Crippen molar-refractivity contribution in [2.24, 2.45) is 0 Å². The zero-order chi connectivity index (χ0) is 12.3. The molecule has 0 saturated carbocycles. The molecule has 0 bridgehead atoms. The summed E-state index contributed by atoms with van der Waals surface area (Å²) in [6, 6.07) is 3.95. The monoisotopic (exact) mass is 225 g/mol. The minimum absolute atomic E-state index is 0.00472. The first kappa shape index (κ1) is 12.2. The SMILES string of the molecule is CCN(C(C)=O)c1cccc(C(=O)O)c1F. The molecule has 0 unspecified atom stereocenters. The molecule has 0 atom stereocenters. The topological polar surface area (TPSA) is 57.6 Å². The first-order valence-electron chi connectivity index (χ1n) is 4.79. The van der Waals surface area contributed by atoms with E-state index >= 15 is 0 Å². The third-order valence-electron chi connectivity index (χ3n) is 2.20. The molecule has 0 heterocycles. The fraction of sp³-hybridized carbons (Fsp3) is 0.273. The summed E-state index contributed by atoms with van der Waals surface area (Å²) in [7, 11) is 0. The molecular formula is C11H12FNO3. The highest BCUT2D eigenvalue weighted by molar-refractivity contribution is 5.94. The van der Waals surface area contributed by atoms with Gasteiger partial charge in [-0.05, 0) is 19.1 Å². The fourth-order valence-corrected chi connectivity index (χ4v) is 1.46. The Morgan fingerprint density at radius 1 is 1.44 bits per heavy atom. The van der Waals surface area contributed by atoms with Gasteiger partial charge in [-0.25, -0.2) is 9.18 Å². The first-order chi connectivity index (χ1) is 7.49. The fourth-order valence-electron chi connectivity index (χ4n) is 1.46. The lowest BCUT2D eigenvalue weighted by Gasteiger charge is -2.20. The van der Waals surface area contributed by atoms with Gasteiger partial charge in [0, 0.05) is 13.5 Å². The number of halogens is 1. The van der Waals surface area contributed by atoms with Gasteiger partial charge in [0.15, 0.2) is 5.82 Å². The average Bonchev–Trinajstić information content (AvgIpc) is 2.20. The van der Waals surface area contributed by atoms with Crippen molar-refractivity contribution in [2.45, 2.75) is 13.8 Å². The Morgan fingerprint density at radius 3 is 2.50 bits per heavy atom. The number of benzene rings is 1. The Bertz CT molecular complexity index is 431. The Kier molecular flexibility index (Phi) is 3.60. The lowest BCUT2D eigenvalue weighted by Crippen LogP contribution is -2.29. The van der Waals surface area contributed by atoms with Crippen LogP contribution in [-0.2, 0) is 4.79 Å². The maximum Gasteiger partial charge on any atom is 0.338 e. The van der Waals surface area contributed by atoms with E-state index in [9.17, 15) is 14.0 Å². The molecule has 0 saturated heterocycles. The third-order valence-corrected chi connectivity index (χ3v) is 2.20. The molecule has 0 fully saturated rings. The van der Waals surface area contributed by atoms with Gasteiger partial charge in [-0.2, -0.15) is 0 Å². The lowest BCUT2D eigenvalue weighted by atomic mass is 10.1. The molecule has 0 aliphatic heterocycles. The number of nitrogens with zero attached hydrogens (tertiary/aromatic N) is 1. The molecule has 1 aromatic carbocycles. The standard InChI is InChI=1S/C11H12FNO3/c1-3-13(7(2)14)9-6-4-5-8(10(9)12)11(15)16/h4-6H,3H2,1-2H3,(H,15,16). The summed E-state index contributed by atoms with van der Waals surface area (Å²) < 4.78 is 13.7. The average molecular weight is 225 g/mol. The number of aromatic carboxylic acids is 1. The van der Waals surface area contributed by atoms with Crippen LogP contribution < -0.4 is 4.90 Å².